The molecule has 0 aliphatic heterocycles. The first-order chi connectivity index (χ1) is 61.3. The lowest BCUT2D eigenvalue weighted by Gasteiger charge is -2.31. The van der Waals surface area contributed by atoms with Gasteiger partial charge in [0.25, 0.3) is 0 Å². The van der Waals surface area contributed by atoms with E-state index in [-0.39, 0.29) is 0 Å². The van der Waals surface area contributed by atoms with Gasteiger partial charge >= 0.3 is 0 Å². The molecule has 3 nitrogen and oxygen atoms in total. The molecule has 0 radical (unpaired) electrons. The van der Waals surface area contributed by atoms with Gasteiger partial charge in [-0.25, -0.2) is 0 Å². The Balaban J connectivity index is 0.000000169. The van der Waals surface area contributed by atoms with Gasteiger partial charge in [-0.1, -0.05) is 403 Å². The molecule has 0 bridgehead atoms. The molecular formula is C120H106N2OS. The number of anilines is 4. The maximum Gasteiger partial charge on any atom is 0.135 e. The van der Waals surface area contributed by atoms with Crippen LogP contribution in [-0.2, 0) is 0 Å². The molecule has 608 valence electrons. The highest BCUT2D eigenvalue weighted by Gasteiger charge is 2.24. The van der Waals surface area contributed by atoms with E-state index in [9.17, 15) is 0 Å². The molecule has 0 amide bonds. The van der Waals surface area contributed by atoms with E-state index in [0.717, 1.165) is 91.8 Å². The van der Waals surface area contributed by atoms with Gasteiger partial charge in [-0.05, 0) is 245 Å². The zero-order chi connectivity index (χ0) is 84.7. The molecule has 10 aromatic carbocycles. The molecule has 2 heterocycles. The van der Waals surface area contributed by atoms with Crippen LogP contribution in [0.3, 0.4) is 0 Å². The van der Waals surface area contributed by atoms with E-state index >= 15 is 0 Å². The van der Waals surface area contributed by atoms with Crippen molar-refractivity contribution in [3.05, 3.63) is 549 Å². The molecule has 0 spiro atoms. The third-order valence-corrected chi connectivity index (χ3v) is 24.2. The highest BCUT2D eigenvalue weighted by molar-refractivity contribution is 7.26. The van der Waals surface area contributed by atoms with Crippen molar-refractivity contribution >= 4 is 82.6 Å². The summed E-state index contributed by atoms with van der Waals surface area (Å²) in [6.07, 6.45) is 74.8. The fourth-order valence-corrected chi connectivity index (χ4v) is 17.7. The first-order valence-corrected chi connectivity index (χ1v) is 44.2. The molecule has 0 N–H and O–H groups in total. The maximum atomic E-state index is 6.17. The molecule has 0 fully saturated rings. The Labute approximate surface area is 739 Å². The van der Waals surface area contributed by atoms with E-state index in [1.54, 1.807) is 18.2 Å². The molecule has 124 heavy (non-hydrogen) atoms. The van der Waals surface area contributed by atoms with Crippen molar-refractivity contribution in [2.45, 2.75) is 64.2 Å². The van der Waals surface area contributed by atoms with Gasteiger partial charge in [-0.3, -0.25) is 0 Å². The largest absolute Gasteiger partial charge is 0.457 e. The second-order valence-electron chi connectivity index (χ2n) is 31.1. The van der Waals surface area contributed by atoms with Crippen molar-refractivity contribution in [1.82, 2.24) is 0 Å². The van der Waals surface area contributed by atoms with E-state index in [0.29, 0.717) is 11.8 Å². The number of furan rings is 1. The molecular weight excluding hydrogens is 1520 g/mol. The summed E-state index contributed by atoms with van der Waals surface area (Å²) < 4.78 is 8.86. The van der Waals surface area contributed by atoms with Gasteiger partial charge in [0, 0.05) is 59.9 Å². The highest BCUT2D eigenvalue weighted by atomic mass is 32.1. The molecule has 18 rings (SSSR count). The van der Waals surface area contributed by atoms with Gasteiger partial charge in [0.05, 0.1) is 0 Å². The number of allylic oxidation sites excluding steroid dienone is 38. The lowest BCUT2D eigenvalue weighted by Crippen LogP contribution is -2.18. The van der Waals surface area contributed by atoms with Gasteiger partial charge in [0.15, 0.2) is 0 Å². The van der Waals surface area contributed by atoms with Gasteiger partial charge in [-0.15, -0.1) is 11.3 Å². The maximum absolute atomic E-state index is 6.17. The summed E-state index contributed by atoms with van der Waals surface area (Å²) in [5, 5.41) is 2.67. The molecule has 4 heteroatoms. The minimum absolute atomic E-state index is 0.398. The Morgan fingerprint density at radius 3 is 1.29 bits per heavy atom. The van der Waals surface area contributed by atoms with Crippen LogP contribution < -0.4 is 9.80 Å². The lowest BCUT2D eigenvalue weighted by molar-refractivity contribution is 0.544. The monoisotopic (exact) mass is 1620 g/mol. The van der Waals surface area contributed by atoms with E-state index in [1.165, 1.54) is 127 Å². The summed E-state index contributed by atoms with van der Waals surface area (Å²) in [6.45, 7) is 15.2. The molecule has 0 saturated heterocycles. The molecule has 2 atom stereocenters. The number of fused-ring (bicyclic) bond motifs is 3. The summed E-state index contributed by atoms with van der Waals surface area (Å²) in [7, 11) is 0. The van der Waals surface area contributed by atoms with Crippen molar-refractivity contribution in [1.29, 1.82) is 0 Å². The summed E-state index contributed by atoms with van der Waals surface area (Å²) in [5.74, 6) is 2.38. The average molecular weight is 1620 g/mol. The summed E-state index contributed by atoms with van der Waals surface area (Å²) >= 11 is 1.89. The lowest BCUT2D eigenvalue weighted by atomic mass is 9.84. The van der Waals surface area contributed by atoms with Crippen LogP contribution in [0.5, 0.6) is 0 Å². The van der Waals surface area contributed by atoms with Crippen LogP contribution in [0.25, 0.3) is 70.8 Å². The minimum Gasteiger partial charge on any atom is -0.457 e. The normalized spacial score (nSPS) is 16.3. The fourth-order valence-electron chi connectivity index (χ4n) is 16.5. The molecule has 6 aliphatic carbocycles. The summed E-state index contributed by atoms with van der Waals surface area (Å²) in [4.78, 5) is 4.86. The molecule has 0 saturated carbocycles. The van der Waals surface area contributed by atoms with Crippen LogP contribution in [-0.4, -0.2) is 0 Å². The SMILES string of the molecule is C=C/C=C\C=C\C1C=CC(c2ccc(N(C3=CC=C(C4=CC=C(C5=CC=CCC5)CC4)CC3)c3ccc(-c4cccc5c4sc4ccccc45)cc3)cc2)=CC1.C=C/C=C\C=C\C1C=CC(c2ccc(N(C3=CC=C(c4ccc(-c5ccccc5)cc4)CC3)c3ccc(/C(=C/C=C)c4ccc(/C=C\C=C)o4)cc3)cc2)=CC1.c1ccccc1.c1ccccc1. The number of hydrogen-bond donors (Lipinski definition) is 0. The molecule has 12 aromatic rings. The van der Waals surface area contributed by atoms with Crippen molar-refractivity contribution in [2.75, 3.05) is 9.80 Å². The first kappa shape index (κ1) is 84.6. The van der Waals surface area contributed by atoms with E-state index in [1.807, 2.05) is 145 Å². The second-order valence-corrected chi connectivity index (χ2v) is 32.1. The smallest absolute Gasteiger partial charge is 0.135 e. The predicted octanol–water partition coefficient (Wildman–Crippen LogP) is 33.9. The number of nitrogens with zero attached hydrogens (tertiary/aromatic N) is 2. The number of rotatable bonds is 24. The van der Waals surface area contributed by atoms with Crippen LogP contribution in [0.4, 0.5) is 22.7 Å². The summed E-state index contributed by atoms with van der Waals surface area (Å²) in [6, 6.07) is 99.1. The Bertz CT molecular complexity index is 6210. The van der Waals surface area contributed by atoms with E-state index in [2.05, 4.69) is 346 Å². The fraction of sp³-hybridized carbons (Fsp3) is 0.100. The minimum atomic E-state index is 0.398. The number of thiophene rings is 1. The van der Waals surface area contributed by atoms with Crippen molar-refractivity contribution < 1.29 is 4.42 Å². The standard InChI is InChI=1S/C54H47NO.C54H47NS.2C6H6/c1-4-7-9-11-15-41-19-21-43(22-20-41)46-27-33-49(34-28-46)55(50-35-29-47(30-36-50)45-25-23-44(24-26-45)42-16-12-10-13-17-42)51-37-31-48(32-38-51)53(14-6-3)54-40-39-52(56-54)18-8-5-2;1-2-3-4-6-12-39-19-21-41(22-20-39)44-27-33-47(34-28-44)55(48-35-29-45(30-36-48)43-25-23-42(24-26-43)40-13-7-5-8-14-40)49-37-31-46(32-38-49)50-16-11-17-52-51-15-9-10-18-53(51)56-54(50)52;2*1-2-4-6-5-3-1/h4-19,21-29,31-35,37-41H,1-3,20,30,36H2;2-7,9-13,15-19,21-23,25,27-29,31-35,37-39H,1,8,14,20,24,26,30,36H2;2*1-6H/b9-7-,15-11+,18-8-,53-14-;4-3-,12-6+;;. The predicted molar refractivity (Wildman–Crippen MR) is 538 cm³/mol. The van der Waals surface area contributed by atoms with Crippen LogP contribution >= 0.6 is 11.3 Å². The Morgan fingerprint density at radius 2 is 0.806 bits per heavy atom. The Hall–Kier alpha value is -14.4. The first-order valence-electron chi connectivity index (χ1n) is 43.4. The quantitative estimate of drug-likeness (QED) is 0.0562. The van der Waals surface area contributed by atoms with Crippen LogP contribution in [0, 0.1) is 11.8 Å². The Kier molecular flexibility index (Phi) is 29.8. The Morgan fingerprint density at radius 1 is 0.355 bits per heavy atom. The third kappa shape index (κ3) is 22.2. The zero-order valence-corrected chi connectivity index (χ0v) is 71.5. The van der Waals surface area contributed by atoms with Crippen molar-refractivity contribution in [3.63, 3.8) is 0 Å². The van der Waals surface area contributed by atoms with Gasteiger partial charge in [-0.2, -0.15) is 0 Å². The number of hydrogen-bond acceptors (Lipinski definition) is 4. The van der Waals surface area contributed by atoms with Gasteiger partial charge in [0.2, 0.25) is 0 Å². The van der Waals surface area contributed by atoms with Crippen LogP contribution in [0.15, 0.2) is 520 Å². The second kappa shape index (κ2) is 43.7. The van der Waals surface area contributed by atoms with E-state index < -0.39 is 0 Å². The molecule has 2 unspecified atom stereocenters. The van der Waals surface area contributed by atoms with Crippen LogP contribution in [0.2, 0.25) is 0 Å². The third-order valence-electron chi connectivity index (χ3n) is 23.0. The molecule has 2 aromatic heterocycles. The van der Waals surface area contributed by atoms with Crippen molar-refractivity contribution in [3.8, 4) is 22.3 Å². The highest BCUT2D eigenvalue weighted by Crippen LogP contribution is 2.45. The zero-order valence-electron chi connectivity index (χ0n) is 70.6. The topological polar surface area (TPSA) is 19.6 Å². The summed E-state index contributed by atoms with van der Waals surface area (Å²) in [5.41, 5.74) is 27.8. The van der Waals surface area contributed by atoms with Crippen LogP contribution in [0.1, 0.15) is 98.0 Å². The van der Waals surface area contributed by atoms with E-state index in [4.69, 9.17) is 4.42 Å². The molecule has 6 aliphatic rings. The van der Waals surface area contributed by atoms with Crippen molar-refractivity contribution in [2.24, 2.45) is 11.8 Å². The van der Waals surface area contributed by atoms with Gasteiger partial charge < -0.3 is 14.2 Å². The average Bonchev–Trinajstić information content (AvgIpc) is 1.54. The van der Waals surface area contributed by atoms with Gasteiger partial charge in [0.1, 0.15) is 11.5 Å². The number of benzene rings is 10.